The van der Waals surface area contributed by atoms with Gasteiger partial charge in [0, 0.05) is 6.04 Å². The molecule has 0 bridgehead atoms. The molecule has 1 N–H and O–H groups in total. The van der Waals surface area contributed by atoms with Crippen molar-refractivity contribution in [2.24, 2.45) is 0 Å². The maximum absolute atomic E-state index is 11.9. The number of hydrogen-bond acceptors (Lipinski definition) is 5. The molecule has 106 valence electrons. The summed E-state index contributed by atoms with van der Waals surface area (Å²) >= 11 is 1.34. The van der Waals surface area contributed by atoms with Crippen LogP contribution in [-0.4, -0.2) is 37.4 Å². The van der Waals surface area contributed by atoms with Crippen molar-refractivity contribution in [3.63, 3.8) is 0 Å². The molecule has 7 heteroatoms. The van der Waals surface area contributed by atoms with Crippen LogP contribution in [0.5, 0.6) is 0 Å². The van der Waals surface area contributed by atoms with Crippen LogP contribution in [0.3, 0.4) is 0 Å². The van der Waals surface area contributed by atoms with Gasteiger partial charge in [0.25, 0.3) is 0 Å². The molecular formula is C13H17N5OS. The molecule has 0 radical (unpaired) electrons. The molecular weight excluding hydrogens is 274 g/mol. The Kier molecular flexibility index (Phi) is 4.73. The number of benzene rings is 1. The molecule has 20 heavy (non-hydrogen) atoms. The predicted octanol–water partition coefficient (Wildman–Crippen LogP) is 1.67. The monoisotopic (exact) mass is 291 g/mol. The molecule has 1 amide bonds. The fourth-order valence-corrected chi connectivity index (χ4v) is 2.41. The number of rotatable bonds is 5. The highest BCUT2D eigenvalue weighted by Crippen LogP contribution is 2.22. The first-order valence-corrected chi connectivity index (χ1v) is 7.26. The molecule has 0 aliphatic carbocycles. The summed E-state index contributed by atoms with van der Waals surface area (Å²) in [6, 6.07) is 9.72. The van der Waals surface area contributed by atoms with E-state index in [1.165, 1.54) is 11.8 Å². The number of para-hydroxylation sites is 1. The van der Waals surface area contributed by atoms with Gasteiger partial charge in [-0.05, 0) is 43.3 Å². The third-order valence-corrected chi connectivity index (χ3v) is 3.56. The van der Waals surface area contributed by atoms with Gasteiger partial charge in [-0.3, -0.25) is 4.79 Å². The van der Waals surface area contributed by atoms with E-state index in [0.717, 1.165) is 5.69 Å². The summed E-state index contributed by atoms with van der Waals surface area (Å²) in [7, 11) is 0. The summed E-state index contributed by atoms with van der Waals surface area (Å²) in [4.78, 5) is 11.9. The lowest BCUT2D eigenvalue weighted by Gasteiger charge is -2.13. The Balaban J connectivity index is 2.12. The van der Waals surface area contributed by atoms with Crippen LogP contribution in [0, 0.1) is 0 Å². The lowest BCUT2D eigenvalue weighted by molar-refractivity contribution is -0.120. The van der Waals surface area contributed by atoms with E-state index in [1.807, 2.05) is 51.1 Å². The predicted molar refractivity (Wildman–Crippen MR) is 77.8 cm³/mol. The van der Waals surface area contributed by atoms with Crippen LogP contribution in [0.15, 0.2) is 35.5 Å². The van der Waals surface area contributed by atoms with Gasteiger partial charge in [-0.2, -0.15) is 4.68 Å². The Bertz CT molecular complexity index is 569. The minimum absolute atomic E-state index is 0.0207. The Morgan fingerprint density at radius 3 is 2.60 bits per heavy atom. The van der Waals surface area contributed by atoms with Crippen LogP contribution in [0.1, 0.15) is 20.8 Å². The second kappa shape index (κ2) is 6.51. The van der Waals surface area contributed by atoms with Crippen molar-refractivity contribution in [3.8, 4) is 5.69 Å². The summed E-state index contributed by atoms with van der Waals surface area (Å²) in [6.07, 6.45) is 0. The highest BCUT2D eigenvalue weighted by molar-refractivity contribution is 8.00. The molecule has 0 saturated heterocycles. The summed E-state index contributed by atoms with van der Waals surface area (Å²) < 4.78 is 1.63. The Labute approximate surface area is 121 Å². The van der Waals surface area contributed by atoms with Crippen molar-refractivity contribution in [3.05, 3.63) is 30.3 Å². The number of hydrogen-bond donors (Lipinski definition) is 1. The van der Waals surface area contributed by atoms with Crippen LogP contribution in [0.25, 0.3) is 5.69 Å². The summed E-state index contributed by atoms with van der Waals surface area (Å²) in [6.45, 7) is 5.71. The average Bonchev–Trinajstić information content (AvgIpc) is 2.87. The van der Waals surface area contributed by atoms with Gasteiger partial charge in [-0.25, -0.2) is 0 Å². The summed E-state index contributed by atoms with van der Waals surface area (Å²) in [5.41, 5.74) is 0.872. The zero-order valence-corrected chi connectivity index (χ0v) is 12.5. The Morgan fingerprint density at radius 2 is 1.95 bits per heavy atom. The second-order valence-electron chi connectivity index (χ2n) is 4.63. The third-order valence-electron chi connectivity index (χ3n) is 2.52. The van der Waals surface area contributed by atoms with Crippen LogP contribution in [0.2, 0.25) is 0 Å². The highest BCUT2D eigenvalue weighted by Gasteiger charge is 2.19. The molecule has 1 aromatic carbocycles. The minimum atomic E-state index is -0.258. The van der Waals surface area contributed by atoms with Gasteiger partial charge in [-0.1, -0.05) is 30.0 Å². The van der Waals surface area contributed by atoms with Crippen molar-refractivity contribution >= 4 is 17.7 Å². The van der Waals surface area contributed by atoms with Gasteiger partial charge < -0.3 is 5.32 Å². The molecule has 0 spiro atoms. The molecule has 0 aliphatic rings. The van der Waals surface area contributed by atoms with Gasteiger partial charge in [0.1, 0.15) is 0 Å². The summed E-state index contributed by atoms with van der Waals surface area (Å²) in [5, 5.41) is 14.8. The van der Waals surface area contributed by atoms with Crippen LogP contribution < -0.4 is 5.32 Å². The first kappa shape index (κ1) is 14.5. The van der Waals surface area contributed by atoms with E-state index in [1.54, 1.807) is 4.68 Å². The van der Waals surface area contributed by atoms with E-state index < -0.39 is 0 Å². The lowest BCUT2D eigenvalue weighted by Crippen LogP contribution is -2.36. The molecule has 2 rings (SSSR count). The first-order valence-electron chi connectivity index (χ1n) is 6.38. The summed E-state index contributed by atoms with van der Waals surface area (Å²) in [5.74, 6) is -0.0207. The highest BCUT2D eigenvalue weighted by atomic mass is 32.2. The van der Waals surface area contributed by atoms with Crippen molar-refractivity contribution in [2.75, 3.05) is 0 Å². The molecule has 0 fully saturated rings. The lowest BCUT2D eigenvalue weighted by atomic mass is 10.3. The number of nitrogens with zero attached hydrogens (tertiary/aromatic N) is 4. The fraction of sp³-hybridized carbons (Fsp3) is 0.385. The first-order chi connectivity index (χ1) is 9.58. The zero-order valence-electron chi connectivity index (χ0n) is 11.6. The topological polar surface area (TPSA) is 72.7 Å². The van der Waals surface area contributed by atoms with E-state index in [9.17, 15) is 4.79 Å². The number of carbonyl (C=O) groups excluding carboxylic acids is 1. The van der Waals surface area contributed by atoms with Crippen molar-refractivity contribution < 1.29 is 4.79 Å². The standard InChI is InChI=1S/C13H17N5OS/c1-9(2)14-12(19)10(3)20-13-15-16-17-18(13)11-7-5-4-6-8-11/h4-10H,1-3H3,(H,14,19)/t10-/m0/s1. The van der Waals surface area contributed by atoms with Gasteiger partial charge in [-0.15, -0.1) is 5.10 Å². The van der Waals surface area contributed by atoms with Gasteiger partial charge in [0.05, 0.1) is 10.9 Å². The normalized spacial score (nSPS) is 12.4. The number of aromatic nitrogens is 4. The van der Waals surface area contributed by atoms with E-state index in [0.29, 0.717) is 5.16 Å². The van der Waals surface area contributed by atoms with E-state index in [2.05, 4.69) is 20.8 Å². The number of thioether (sulfide) groups is 1. The van der Waals surface area contributed by atoms with Crippen LogP contribution >= 0.6 is 11.8 Å². The number of amides is 1. The molecule has 2 aromatic rings. The van der Waals surface area contributed by atoms with Crippen molar-refractivity contribution in [1.29, 1.82) is 0 Å². The maximum Gasteiger partial charge on any atom is 0.233 e. The van der Waals surface area contributed by atoms with Crippen LogP contribution in [-0.2, 0) is 4.79 Å². The Hall–Kier alpha value is -1.89. The smallest absolute Gasteiger partial charge is 0.233 e. The Morgan fingerprint density at radius 1 is 1.25 bits per heavy atom. The number of nitrogens with one attached hydrogen (secondary N) is 1. The van der Waals surface area contributed by atoms with Gasteiger partial charge in [0.2, 0.25) is 11.1 Å². The van der Waals surface area contributed by atoms with Crippen LogP contribution in [0.4, 0.5) is 0 Å². The molecule has 6 nitrogen and oxygen atoms in total. The van der Waals surface area contributed by atoms with E-state index in [-0.39, 0.29) is 17.2 Å². The van der Waals surface area contributed by atoms with Gasteiger partial charge >= 0.3 is 0 Å². The minimum Gasteiger partial charge on any atom is -0.353 e. The van der Waals surface area contributed by atoms with Gasteiger partial charge in [0.15, 0.2) is 0 Å². The number of carbonyl (C=O) groups is 1. The third kappa shape index (κ3) is 3.57. The average molecular weight is 291 g/mol. The second-order valence-corrected chi connectivity index (χ2v) is 5.94. The largest absolute Gasteiger partial charge is 0.353 e. The fourth-order valence-electron chi connectivity index (χ4n) is 1.60. The van der Waals surface area contributed by atoms with Crippen molar-refractivity contribution in [1.82, 2.24) is 25.5 Å². The van der Waals surface area contributed by atoms with Crippen molar-refractivity contribution in [2.45, 2.75) is 37.2 Å². The van der Waals surface area contributed by atoms with E-state index >= 15 is 0 Å². The maximum atomic E-state index is 11.9. The van der Waals surface area contributed by atoms with E-state index in [4.69, 9.17) is 0 Å². The zero-order chi connectivity index (χ0) is 14.5. The quantitative estimate of drug-likeness (QED) is 0.848. The molecule has 1 aromatic heterocycles. The molecule has 1 heterocycles. The number of tetrazole rings is 1. The molecule has 1 atom stereocenters. The molecule has 0 unspecified atom stereocenters. The SMILES string of the molecule is CC(C)NC(=O)[C@H](C)Sc1nnnn1-c1ccccc1. The molecule has 0 aliphatic heterocycles. The molecule has 0 saturated carbocycles.